The van der Waals surface area contributed by atoms with Crippen molar-refractivity contribution in [3.8, 4) is 0 Å². The topological polar surface area (TPSA) is 52.6 Å². The molecule has 0 fully saturated rings. The third kappa shape index (κ3) is 7.26. The third-order valence-electron chi connectivity index (χ3n) is 2.24. The fraction of sp³-hybridized carbons (Fsp3) is 0.833. The minimum absolute atomic E-state index is 0.0893. The van der Waals surface area contributed by atoms with Crippen molar-refractivity contribution in [2.45, 2.75) is 59.0 Å². The zero-order valence-electron chi connectivity index (χ0n) is 10.7. The molecule has 0 rings (SSSR count). The van der Waals surface area contributed by atoms with Gasteiger partial charge in [0.25, 0.3) is 0 Å². The molecule has 0 aliphatic carbocycles. The molecule has 0 aromatic rings. The Bertz CT molecular complexity index is 233. The van der Waals surface area contributed by atoms with Crippen LogP contribution < -0.4 is 0 Å². The largest absolute Gasteiger partial charge is 0.466 e. The highest BCUT2D eigenvalue weighted by Gasteiger charge is 2.20. The standard InChI is InChI=1S/C12H22O4/c1-5-9-15-10(13)7-8-11(14)16-12(3,4)6-2/h5-9H2,1-4H3. The first-order chi connectivity index (χ1) is 7.41. The highest BCUT2D eigenvalue weighted by Crippen LogP contribution is 2.14. The second kappa shape index (κ2) is 7.25. The van der Waals surface area contributed by atoms with Gasteiger partial charge < -0.3 is 9.47 Å². The summed E-state index contributed by atoms with van der Waals surface area (Å²) in [5, 5.41) is 0. The van der Waals surface area contributed by atoms with Crippen LogP contribution in [0.4, 0.5) is 0 Å². The molecule has 0 radical (unpaired) electrons. The Morgan fingerprint density at radius 2 is 1.62 bits per heavy atom. The number of esters is 2. The number of carbonyl (C=O) groups is 2. The Hall–Kier alpha value is -1.06. The smallest absolute Gasteiger partial charge is 0.306 e. The van der Waals surface area contributed by atoms with Gasteiger partial charge in [-0.3, -0.25) is 9.59 Å². The molecule has 0 aliphatic rings. The predicted octanol–water partition coefficient (Wildman–Crippen LogP) is 2.45. The fourth-order valence-electron chi connectivity index (χ4n) is 0.924. The van der Waals surface area contributed by atoms with Gasteiger partial charge in [-0.25, -0.2) is 0 Å². The van der Waals surface area contributed by atoms with Gasteiger partial charge in [-0.05, 0) is 26.7 Å². The third-order valence-corrected chi connectivity index (χ3v) is 2.24. The minimum atomic E-state index is -0.454. The van der Waals surface area contributed by atoms with Crippen molar-refractivity contribution in [3.05, 3.63) is 0 Å². The number of rotatable bonds is 7. The van der Waals surface area contributed by atoms with Crippen LogP contribution in [0.15, 0.2) is 0 Å². The fourth-order valence-corrected chi connectivity index (χ4v) is 0.924. The number of carbonyl (C=O) groups excluding carboxylic acids is 2. The monoisotopic (exact) mass is 230 g/mol. The summed E-state index contributed by atoms with van der Waals surface area (Å²) in [6.07, 6.45) is 1.72. The normalized spacial score (nSPS) is 11.0. The van der Waals surface area contributed by atoms with Crippen LogP contribution in [-0.4, -0.2) is 24.1 Å². The van der Waals surface area contributed by atoms with Crippen molar-refractivity contribution in [2.24, 2.45) is 0 Å². The van der Waals surface area contributed by atoms with Crippen LogP contribution in [0, 0.1) is 0 Å². The van der Waals surface area contributed by atoms with Crippen molar-refractivity contribution in [2.75, 3.05) is 6.61 Å². The van der Waals surface area contributed by atoms with E-state index in [1.54, 1.807) is 0 Å². The van der Waals surface area contributed by atoms with Gasteiger partial charge in [-0.15, -0.1) is 0 Å². The zero-order valence-corrected chi connectivity index (χ0v) is 10.7. The Morgan fingerprint density at radius 1 is 1.06 bits per heavy atom. The van der Waals surface area contributed by atoms with Crippen molar-refractivity contribution < 1.29 is 19.1 Å². The predicted molar refractivity (Wildman–Crippen MR) is 60.9 cm³/mol. The Kier molecular flexibility index (Phi) is 6.77. The van der Waals surface area contributed by atoms with E-state index < -0.39 is 5.60 Å². The van der Waals surface area contributed by atoms with Crippen LogP contribution in [0.3, 0.4) is 0 Å². The van der Waals surface area contributed by atoms with Crippen molar-refractivity contribution in [3.63, 3.8) is 0 Å². The van der Waals surface area contributed by atoms with E-state index in [1.165, 1.54) is 0 Å². The molecule has 0 unspecified atom stereocenters. The molecule has 94 valence electrons. The summed E-state index contributed by atoms with van der Waals surface area (Å²) in [7, 11) is 0. The molecule has 0 heterocycles. The molecule has 0 aromatic carbocycles. The van der Waals surface area contributed by atoms with Gasteiger partial charge >= 0.3 is 11.9 Å². The molecule has 0 aliphatic heterocycles. The highest BCUT2D eigenvalue weighted by molar-refractivity contribution is 5.77. The Balaban J connectivity index is 3.77. The molecule has 0 N–H and O–H groups in total. The summed E-state index contributed by atoms with van der Waals surface area (Å²) in [6.45, 7) is 7.98. The lowest BCUT2D eigenvalue weighted by Crippen LogP contribution is -2.27. The summed E-state index contributed by atoms with van der Waals surface area (Å²) in [5.74, 6) is -0.687. The van der Waals surface area contributed by atoms with E-state index in [-0.39, 0.29) is 24.8 Å². The number of hydrogen-bond donors (Lipinski definition) is 0. The van der Waals surface area contributed by atoms with Crippen LogP contribution >= 0.6 is 0 Å². The zero-order chi connectivity index (χ0) is 12.6. The second-order valence-corrected chi connectivity index (χ2v) is 4.31. The van der Waals surface area contributed by atoms with E-state index in [1.807, 2.05) is 27.7 Å². The summed E-state index contributed by atoms with van der Waals surface area (Å²) >= 11 is 0. The molecule has 0 aromatic heterocycles. The quantitative estimate of drug-likeness (QED) is 0.630. The first kappa shape index (κ1) is 14.9. The average Bonchev–Trinajstić information content (AvgIpc) is 2.23. The molecule has 0 spiro atoms. The maximum atomic E-state index is 11.4. The lowest BCUT2D eigenvalue weighted by molar-refractivity contribution is -0.159. The summed E-state index contributed by atoms with van der Waals surface area (Å²) in [6, 6.07) is 0. The molecule has 16 heavy (non-hydrogen) atoms. The van der Waals surface area contributed by atoms with Crippen LogP contribution in [0.5, 0.6) is 0 Å². The minimum Gasteiger partial charge on any atom is -0.466 e. The lowest BCUT2D eigenvalue weighted by atomic mass is 10.1. The van der Waals surface area contributed by atoms with E-state index in [9.17, 15) is 9.59 Å². The SMILES string of the molecule is CCCOC(=O)CCC(=O)OC(C)(C)CC. The van der Waals surface area contributed by atoms with Gasteiger partial charge in [0.1, 0.15) is 5.60 Å². The van der Waals surface area contributed by atoms with Gasteiger partial charge in [0.05, 0.1) is 19.4 Å². The van der Waals surface area contributed by atoms with Crippen LogP contribution in [0.1, 0.15) is 53.4 Å². The molecule has 0 atom stereocenters. The van der Waals surface area contributed by atoms with Crippen LogP contribution in [0.25, 0.3) is 0 Å². The second-order valence-electron chi connectivity index (χ2n) is 4.31. The van der Waals surface area contributed by atoms with Gasteiger partial charge in [-0.1, -0.05) is 13.8 Å². The molecular weight excluding hydrogens is 208 g/mol. The highest BCUT2D eigenvalue weighted by atomic mass is 16.6. The lowest BCUT2D eigenvalue weighted by Gasteiger charge is -2.23. The molecule has 4 nitrogen and oxygen atoms in total. The maximum absolute atomic E-state index is 11.4. The number of ether oxygens (including phenoxy) is 2. The van der Waals surface area contributed by atoms with Gasteiger partial charge in [0, 0.05) is 0 Å². The van der Waals surface area contributed by atoms with E-state index in [2.05, 4.69) is 0 Å². The first-order valence-electron chi connectivity index (χ1n) is 5.78. The van der Waals surface area contributed by atoms with Crippen molar-refractivity contribution >= 4 is 11.9 Å². The molecular formula is C12H22O4. The Morgan fingerprint density at radius 3 is 2.12 bits per heavy atom. The molecule has 4 heteroatoms. The van der Waals surface area contributed by atoms with Crippen LogP contribution in [-0.2, 0) is 19.1 Å². The van der Waals surface area contributed by atoms with Crippen LogP contribution in [0.2, 0.25) is 0 Å². The van der Waals surface area contributed by atoms with Crippen molar-refractivity contribution in [1.29, 1.82) is 0 Å². The average molecular weight is 230 g/mol. The van der Waals surface area contributed by atoms with E-state index in [0.29, 0.717) is 6.61 Å². The number of hydrogen-bond acceptors (Lipinski definition) is 4. The summed E-state index contributed by atoms with van der Waals surface area (Å²) in [4.78, 5) is 22.5. The first-order valence-corrected chi connectivity index (χ1v) is 5.78. The van der Waals surface area contributed by atoms with Gasteiger partial charge in [-0.2, -0.15) is 0 Å². The summed E-state index contributed by atoms with van der Waals surface area (Å²) in [5.41, 5.74) is -0.454. The molecule has 0 saturated carbocycles. The maximum Gasteiger partial charge on any atom is 0.306 e. The summed E-state index contributed by atoms with van der Waals surface area (Å²) < 4.78 is 10.0. The van der Waals surface area contributed by atoms with Crippen molar-refractivity contribution in [1.82, 2.24) is 0 Å². The van der Waals surface area contributed by atoms with Gasteiger partial charge in [0.15, 0.2) is 0 Å². The Labute approximate surface area is 97.3 Å². The molecule has 0 saturated heterocycles. The van der Waals surface area contributed by atoms with E-state index in [4.69, 9.17) is 9.47 Å². The van der Waals surface area contributed by atoms with E-state index in [0.717, 1.165) is 12.8 Å². The van der Waals surface area contributed by atoms with Gasteiger partial charge in [0.2, 0.25) is 0 Å². The van der Waals surface area contributed by atoms with E-state index >= 15 is 0 Å². The molecule has 0 amide bonds. The molecule has 0 bridgehead atoms.